The van der Waals surface area contributed by atoms with Crippen molar-refractivity contribution < 1.29 is 22.8 Å². The summed E-state index contributed by atoms with van der Waals surface area (Å²) in [6.45, 7) is 0. The summed E-state index contributed by atoms with van der Waals surface area (Å²) < 4.78 is 38.1. The highest BCUT2D eigenvalue weighted by atomic mass is 35.5. The Labute approximate surface area is 98.4 Å². The Kier molecular flexibility index (Phi) is 3.53. The van der Waals surface area contributed by atoms with E-state index < -0.39 is 33.7 Å². The molecule has 0 unspecified atom stereocenters. The lowest BCUT2D eigenvalue weighted by Gasteiger charge is -2.13. The van der Waals surface area contributed by atoms with Gasteiger partial charge in [-0.15, -0.1) is 0 Å². The van der Waals surface area contributed by atoms with Crippen LogP contribution in [0.1, 0.15) is 31.8 Å². The fourth-order valence-corrected chi connectivity index (χ4v) is 1.52. The first-order chi connectivity index (χ1) is 7.82. The summed E-state index contributed by atoms with van der Waals surface area (Å²) in [4.78, 5) is 21.5. The van der Waals surface area contributed by atoms with Crippen molar-refractivity contribution in [2.45, 2.75) is 6.18 Å². The summed E-state index contributed by atoms with van der Waals surface area (Å²) >= 11 is 5.02. The van der Waals surface area contributed by atoms with Gasteiger partial charge in [0.25, 0.3) is 5.24 Å². The number of nitriles is 1. The molecule has 7 heteroatoms. The van der Waals surface area contributed by atoms with Gasteiger partial charge in [-0.2, -0.15) is 18.4 Å². The maximum Gasteiger partial charge on any atom is 0.418 e. The molecule has 1 aromatic carbocycles. The van der Waals surface area contributed by atoms with E-state index in [4.69, 9.17) is 16.9 Å². The van der Waals surface area contributed by atoms with E-state index in [0.29, 0.717) is 0 Å². The molecule has 0 N–H and O–H groups in total. The zero-order valence-electron chi connectivity index (χ0n) is 8.01. The first kappa shape index (κ1) is 13.2. The van der Waals surface area contributed by atoms with Gasteiger partial charge >= 0.3 is 6.18 Å². The maximum atomic E-state index is 12.7. The largest absolute Gasteiger partial charge is 0.418 e. The van der Waals surface area contributed by atoms with Crippen molar-refractivity contribution in [2.24, 2.45) is 0 Å². The summed E-state index contributed by atoms with van der Waals surface area (Å²) in [7, 11) is 0. The second-order valence-corrected chi connectivity index (χ2v) is 3.30. The SMILES string of the molecule is N#Cc1ccc(C=O)c(C(=O)Cl)c1C(F)(F)F. The Morgan fingerprint density at radius 3 is 2.35 bits per heavy atom. The first-order valence-electron chi connectivity index (χ1n) is 4.12. The van der Waals surface area contributed by atoms with E-state index in [1.165, 1.54) is 6.07 Å². The fourth-order valence-electron chi connectivity index (χ4n) is 1.32. The number of halogens is 4. The van der Waals surface area contributed by atoms with Crippen molar-refractivity contribution in [2.75, 3.05) is 0 Å². The van der Waals surface area contributed by atoms with Crippen molar-refractivity contribution in [3.8, 4) is 6.07 Å². The Bertz CT molecular complexity index is 532. The summed E-state index contributed by atoms with van der Waals surface area (Å²) in [5.74, 6) is 0. The fraction of sp³-hybridized carbons (Fsp3) is 0.100. The van der Waals surface area contributed by atoms with E-state index in [1.54, 1.807) is 0 Å². The van der Waals surface area contributed by atoms with Crippen LogP contribution in [0, 0.1) is 11.3 Å². The Hall–Kier alpha value is -1.87. The van der Waals surface area contributed by atoms with Crippen molar-refractivity contribution in [1.82, 2.24) is 0 Å². The molecule has 1 aromatic rings. The van der Waals surface area contributed by atoms with Gasteiger partial charge in [-0.05, 0) is 23.7 Å². The maximum absolute atomic E-state index is 12.7. The van der Waals surface area contributed by atoms with Crippen LogP contribution in [-0.2, 0) is 6.18 Å². The Morgan fingerprint density at radius 2 is 2.00 bits per heavy atom. The third-order valence-corrected chi connectivity index (χ3v) is 2.15. The number of aldehydes is 1. The molecular weight excluding hydrogens is 259 g/mol. The molecule has 3 nitrogen and oxygen atoms in total. The molecule has 0 aliphatic heterocycles. The van der Waals surface area contributed by atoms with Gasteiger partial charge in [0.05, 0.1) is 22.8 Å². The van der Waals surface area contributed by atoms with Gasteiger partial charge in [-0.25, -0.2) is 0 Å². The number of alkyl halides is 3. The molecule has 17 heavy (non-hydrogen) atoms. The molecule has 0 aromatic heterocycles. The van der Waals surface area contributed by atoms with E-state index in [1.807, 2.05) is 0 Å². The van der Waals surface area contributed by atoms with Crippen LogP contribution in [0.2, 0.25) is 0 Å². The van der Waals surface area contributed by atoms with Gasteiger partial charge in [0, 0.05) is 5.56 Å². The number of hydrogen-bond acceptors (Lipinski definition) is 3. The second kappa shape index (κ2) is 4.55. The minimum atomic E-state index is -4.94. The van der Waals surface area contributed by atoms with Crippen molar-refractivity contribution in [3.05, 3.63) is 34.4 Å². The van der Waals surface area contributed by atoms with Gasteiger partial charge in [-0.3, -0.25) is 9.59 Å². The highest BCUT2D eigenvalue weighted by molar-refractivity contribution is 6.68. The van der Waals surface area contributed by atoms with Crippen molar-refractivity contribution in [3.63, 3.8) is 0 Å². The molecule has 0 spiro atoms. The van der Waals surface area contributed by atoms with Crippen LogP contribution < -0.4 is 0 Å². The minimum absolute atomic E-state index is 0.0754. The third kappa shape index (κ3) is 2.45. The molecular formula is C10H3ClF3NO2. The van der Waals surface area contributed by atoms with Gasteiger partial charge < -0.3 is 0 Å². The highest BCUT2D eigenvalue weighted by Gasteiger charge is 2.39. The molecule has 0 amide bonds. The van der Waals surface area contributed by atoms with E-state index in [-0.39, 0.29) is 6.29 Å². The topological polar surface area (TPSA) is 57.9 Å². The molecule has 0 radical (unpaired) electrons. The molecule has 0 bridgehead atoms. The summed E-state index contributed by atoms with van der Waals surface area (Å²) in [6, 6.07) is 3.06. The average molecular weight is 262 g/mol. The third-order valence-electron chi connectivity index (χ3n) is 1.97. The van der Waals surface area contributed by atoms with Gasteiger partial charge in [0.2, 0.25) is 0 Å². The summed E-state index contributed by atoms with van der Waals surface area (Å²) in [5.41, 5.74) is -3.73. The molecule has 1 rings (SSSR count). The summed E-state index contributed by atoms with van der Waals surface area (Å²) in [6.07, 6.45) is -4.87. The molecule has 0 aliphatic rings. The minimum Gasteiger partial charge on any atom is -0.298 e. The molecule has 0 saturated heterocycles. The van der Waals surface area contributed by atoms with E-state index in [2.05, 4.69) is 0 Å². The molecule has 0 heterocycles. The molecule has 0 aliphatic carbocycles. The zero-order chi connectivity index (χ0) is 13.2. The molecule has 88 valence electrons. The number of carbonyl (C=O) groups is 2. The van der Waals surface area contributed by atoms with Crippen LogP contribution in [0.5, 0.6) is 0 Å². The van der Waals surface area contributed by atoms with E-state index in [9.17, 15) is 22.8 Å². The van der Waals surface area contributed by atoms with Gasteiger partial charge in [0.15, 0.2) is 6.29 Å². The standard InChI is InChI=1S/C10H3ClF3NO2/c11-9(17)7-6(4-16)2-1-5(3-15)8(7)10(12,13)14/h1-2,4H. The van der Waals surface area contributed by atoms with Crippen LogP contribution in [0.25, 0.3) is 0 Å². The Balaban J connectivity index is 3.79. The lowest BCUT2D eigenvalue weighted by molar-refractivity contribution is -0.138. The molecule has 0 saturated carbocycles. The van der Waals surface area contributed by atoms with Crippen LogP contribution >= 0.6 is 11.6 Å². The van der Waals surface area contributed by atoms with Gasteiger partial charge in [-0.1, -0.05) is 0 Å². The Morgan fingerprint density at radius 1 is 1.41 bits per heavy atom. The predicted molar refractivity (Wildman–Crippen MR) is 51.7 cm³/mol. The highest BCUT2D eigenvalue weighted by Crippen LogP contribution is 2.36. The monoisotopic (exact) mass is 261 g/mol. The second-order valence-electron chi connectivity index (χ2n) is 2.95. The molecule has 0 fully saturated rings. The number of nitrogens with zero attached hydrogens (tertiary/aromatic N) is 1. The van der Waals surface area contributed by atoms with Crippen molar-refractivity contribution >= 4 is 23.1 Å². The smallest absolute Gasteiger partial charge is 0.298 e. The average Bonchev–Trinajstić information content (AvgIpc) is 2.25. The number of rotatable bonds is 2. The lowest BCUT2D eigenvalue weighted by atomic mass is 9.97. The number of carbonyl (C=O) groups excluding carboxylic acids is 2. The number of benzene rings is 1. The summed E-state index contributed by atoms with van der Waals surface area (Å²) in [5, 5.41) is 7.13. The van der Waals surface area contributed by atoms with Crippen LogP contribution in [-0.4, -0.2) is 11.5 Å². The van der Waals surface area contributed by atoms with Crippen LogP contribution in [0.4, 0.5) is 13.2 Å². The quantitative estimate of drug-likeness (QED) is 0.607. The van der Waals surface area contributed by atoms with Crippen molar-refractivity contribution in [1.29, 1.82) is 5.26 Å². The van der Waals surface area contributed by atoms with E-state index in [0.717, 1.165) is 12.1 Å². The molecule has 0 atom stereocenters. The first-order valence-corrected chi connectivity index (χ1v) is 4.50. The normalized spacial score (nSPS) is 10.8. The predicted octanol–water partition coefficient (Wildman–Crippen LogP) is 2.77. The lowest BCUT2D eigenvalue weighted by Crippen LogP contribution is -2.15. The van der Waals surface area contributed by atoms with Crippen LogP contribution in [0.3, 0.4) is 0 Å². The zero-order valence-corrected chi connectivity index (χ0v) is 8.76. The number of hydrogen-bond donors (Lipinski definition) is 0. The van der Waals surface area contributed by atoms with E-state index >= 15 is 0 Å². The van der Waals surface area contributed by atoms with Gasteiger partial charge in [0.1, 0.15) is 0 Å². The van der Waals surface area contributed by atoms with Crippen LogP contribution in [0.15, 0.2) is 12.1 Å².